The van der Waals surface area contributed by atoms with E-state index in [0.29, 0.717) is 13.0 Å². The fraction of sp³-hybridized carbons (Fsp3) is 0.231. The van der Waals surface area contributed by atoms with E-state index in [2.05, 4.69) is 23.5 Å². The van der Waals surface area contributed by atoms with Gasteiger partial charge in [-0.1, -0.05) is 54.1 Å². The molecule has 6 heteroatoms. The Hall–Kier alpha value is -3.09. The standard InChI is InChI=1S/C26H29NO4S/c1-20-4-16-26(17-5-20)32(28,29)31-21(2)18-19-30-25-14-10-23(11-15-25)7-6-22-8-12-24(27-3)13-9-22/h4-17,21,27H,18-19H2,1-3H3. The van der Waals surface area contributed by atoms with Crippen molar-refractivity contribution in [2.75, 3.05) is 19.0 Å². The highest BCUT2D eigenvalue weighted by atomic mass is 32.2. The van der Waals surface area contributed by atoms with Crippen LogP contribution in [0, 0.1) is 6.92 Å². The van der Waals surface area contributed by atoms with Gasteiger partial charge >= 0.3 is 0 Å². The third-order valence-corrected chi connectivity index (χ3v) is 6.37. The molecular formula is C26H29NO4S. The van der Waals surface area contributed by atoms with Crippen LogP contribution in [0.5, 0.6) is 5.75 Å². The van der Waals surface area contributed by atoms with Gasteiger partial charge in [0.05, 0.1) is 17.6 Å². The molecule has 32 heavy (non-hydrogen) atoms. The number of hydrogen-bond donors (Lipinski definition) is 1. The van der Waals surface area contributed by atoms with Gasteiger partial charge in [-0.2, -0.15) is 8.42 Å². The summed E-state index contributed by atoms with van der Waals surface area (Å²) >= 11 is 0. The molecule has 0 bridgehead atoms. The zero-order valence-electron chi connectivity index (χ0n) is 18.6. The molecule has 0 saturated carbocycles. The highest BCUT2D eigenvalue weighted by Crippen LogP contribution is 2.18. The summed E-state index contributed by atoms with van der Waals surface area (Å²) in [6.07, 6.45) is 4.07. The van der Waals surface area contributed by atoms with Crippen LogP contribution in [0.1, 0.15) is 30.0 Å². The molecule has 0 amide bonds. The fourth-order valence-corrected chi connectivity index (χ4v) is 4.11. The second-order valence-corrected chi connectivity index (χ2v) is 9.16. The van der Waals surface area contributed by atoms with Crippen molar-refractivity contribution in [1.29, 1.82) is 0 Å². The van der Waals surface area contributed by atoms with Crippen molar-refractivity contribution in [1.82, 2.24) is 0 Å². The van der Waals surface area contributed by atoms with Crippen molar-refractivity contribution in [2.24, 2.45) is 0 Å². The Morgan fingerprint density at radius 2 is 1.44 bits per heavy atom. The van der Waals surface area contributed by atoms with Crippen molar-refractivity contribution in [3.8, 4) is 5.75 Å². The molecule has 1 N–H and O–H groups in total. The van der Waals surface area contributed by atoms with Gasteiger partial charge in [-0.15, -0.1) is 0 Å². The van der Waals surface area contributed by atoms with E-state index < -0.39 is 16.2 Å². The van der Waals surface area contributed by atoms with E-state index in [1.165, 1.54) is 0 Å². The first-order chi connectivity index (χ1) is 15.4. The molecule has 0 spiro atoms. The minimum absolute atomic E-state index is 0.164. The van der Waals surface area contributed by atoms with Crippen LogP contribution in [-0.2, 0) is 14.3 Å². The number of nitrogens with one attached hydrogen (secondary N) is 1. The number of aryl methyl sites for hydroxylation is 1. The molecule has 0 aliphatic heterocycles. The zero-order valence-corrected chi connectivity index (χ0v) is 19.4. The van der Waals surface area contributed by atoms with Crippen LogP contribution in [0.4, 0.5) is 5.69 Å². The second kappa shape index (κ2) is 11.0. The van der Waals surface area contributed by atoms with Crippen molar-refractivity contribution in [2.45, 2.75) is 31.3 Å². The molecule has 0 aromatic heterocycles. The van der Waals surface area contributed by atoms with E-state index in [9.17, 15) is 8.42 Å². The summed E-state index contributed by atoms with van der Waals surface area (Å²) in [5.41, 5.74) is 4.26. The van der Waals surface area contributed by atoms with Gasteiger partial charge in [0.25, 0.3) is 10.1 Å². The van der Waals surface area contributed by atoms with Crippen molar-refractivity contribution in [3.05, 3.63) is 89.5 Å². The summed E-state index contributed by atoms with van der Waals surface area (Å²) in [5.74, 6) is 0.731. The van der Waals surface area contributed by atoms with E-state index in [-0.39, 0.29) is 4.90 Å². The molecule has 5 nitrogen and oxygen atoms in total. The zero-order chi connectivity index (χ0) is 23.0. The Bertz CT molecular complexity index is 1120. The molecule has 0 aliphatic rings. The Kier molecular flexibility index (Phi) is 8.09. The average molecular weight is 452 g/mol. The van der Waals surface area contributed by atoms with Crippen molar-refractivity contribution < 1.29 is 17.3 Å². The van der Waals surface area contributed by atoms with Gasteiger partial charge in [-0.25, -0.2) is 0 Å². The average Bonchev–Trinajstić information content (AvgIpc) is 2.79. The predicted molar refractivity (Wildman–Crippen MR) is 130 cm³/mol. The minimum atomic E-state index is -3.78. The quantitative estimate of drug-likeness (QED) is 0.313. The second-order valence-electron chi connectivity index (χ2n) is 7.59. The smallest absolute Gasteiger partial charge is 0.297 e. The third kappa shape index (κ3) is 6.97. The molecule has 0 heterocycles. The summed E-state index contributed by atoms with van der Waals surface area (Å²) in [5, 5.41) is 3.10. The topological polar surface area (TPSA) is 64.6 Å². The van der Waals surface area contributed by atoms with Crippen LogP contribution < -0.4 is 10.1 Å². The maximum atomic E-state index is 12.3. The summed E-state index contributed by atoms with van der Waals surface area (Å²) in [4.78, 5) is 0.164. The van der Waals surface area contributed by atoms with E-state index in [1.807, 2.05) is 56.4 Å². The number of ether oxygens (including phenoxy) is 1. The fourth-order valence-electron chi connectivity index (χ4n) is 3.00. The number of rotatable bonds is 10. The van der Waals surface area contributed by atoms with Gasteiger partial charge in [-0.05, 0) is 61.4 Å². The predicted octanol–water partition coefficient (Wildman–Crippen LogP) is 5.77. The Balaban J connectivity index is 1.46. The summed E-state index contributed by atoms with van der Waals surface area (Å²) in [7, 11) is -1.88. The number of anilines is 1. The van der Waals surface area contributed by atoms with Crippen molar-refractivity contribution in [3.63, 3.8) is 0 Å². The van der Waals surface area contributed by atoms with Gasteiger partial charge in [0, 0.05) is 19.2 Å². The SMILES string of the molecule is CNc1ccc(C=Cc2ccc(OCCC(C)OS(=O)(=O)c3ccc(C)cc3)cc2)cc1. The molecule has 1 atom stereocenters. The minimum Gasteiger partial charge on any atom is -0.493 e. The third-order valence-electron chi connectivity index (χ3n) is 4.94. The van der Waals surface area contributed by atoms with Crippen LogP contribution in [0.2, 0.25) is 0 Å². The van der Waals surface area contributed by atoms with Gasteiger partial charge in [0.15, 0.2) is 0 Å². The highest BCUT2D eigenvalue weighted by molar-refractivity contribution is 7.86. The number of benzene rings is 3. The lowest BCUT2D eigenvalue weighted by atomic mass is 10.1. The monoisotopic (exact) mass is 451 g/mol. The van der Waals surface area contributed by atoms with Crippen LogP contribution >= 0.6 is 0 Å². The first-order valence-corrected chi connectivity index (χ1v) is 12.0. The number of hydrogen-bond acceptors (Lipinski definition) is 5. The molecule has 0 aliphatic carbocycles. The molecule has 3 aromatic rings. The van der Waals surface area contributed by atoms with Gasteiger partial charge in [0.1, 0.15) is 5.75 Å². The maximum Gasteiger partial charge on any atom is 0.297 e. The lowest BCUT2D eigenvalue weighted by Crippen LogP contribution is -2.18. The first-order valence-electron chi connectivity index (χ1n) is 10.5. The molecule has 3 rings (SSSR count). The van der Waals surface area contributed by atoms with Gasteiger partial charge < -0.3 is 10.1 Å². The molecule has 3 aromatic carbocycles. The molecule has 1 unspecified atom stereocenters. The van der Waals surface area contributed by atoms with E-state index >= 15 is 0 Å². The van der Waals surface area contributed by atoms with E-state index in [4.69, 9.17) is 8.92 Å². The van der Waals surface area contributed by atoms with E-state index in [1.54, 1.807) is 31.2 Å². The van der Waals surface area contributed by atoms with Crippen molar-refractivity contribution >= 4 is 28.0 Å². The Morgan fingerprint density at radius 1 is 0.875 bits per heavy atom. The van der Waals surface area contributed by atoms with Gasteiger partial charge in [-0.3, -0.25) is 4.18 Å². The van der Waals surface area contributed by atoms with Crippen LogP contribution in [0.15, 0.2) is 77.7 Å². The molecule has 168 valence electrons. The molecule has 0 saturated heterocycles. The summed E-state index contributed by atoms with van der Waals surface area (Å²) in [6.45, 7) is 3.99. The largest absolute Gasteiger partial charge is 0.493 e. The van der Waals surface area contributed by atoms with Crippen LogP contribution in [0.3, 0.4) is 0 Å². The first kappa shape index (κ1) is 23.6. The van der Waals surface area contributed by atoms with E-state index in [0.717, 1.165) is 28.1 Å². The Labute approximate surface area is 190 Å². The van der Waals surface area contributed by atoms with Gasteiger partial charge in [0.2, 0.25) is 0 Å². The van der Waals surface area contributed by atoms with Crippen LogP contribution in [-0.4, -0.2) is 28.2 Å². The molecule has 0 fully saturated rings. The van der Waals surface area contributed by atoms with Crippen LogP contribution in [0.25, 0.3) is 12.2 Å². The lowest BCUT2D eigenvalue weighted by molar-refractivity contribution is 0.183. The highest BCUT2D eigenvalue weighted by Gasteiger charge is 2.18. The Morgan fingerprint density at radius 3 is 2.00 bits per heavy atom. The molecule has 0 radical (unpaired) electrons. The normalized spacial score (nSPS) is 12.6. The summed E-state index contributed by atoms with van der Waals surface area (Å²) < 4.78 is 35.7. The summed E-state index contributed by atoms with van der Waals surface area (Å²) in [6, 6.07) is 22.6. The molecular weight excluding hydrogens is 422 g/mol. The lowest BCUT2D eigenvalue weighted by Gasteiger charge is -2.14. The maximum absolute atomic E-state index is 12.3.